The highest BCUT2D eigenvalue weighted by Gasteiger charge is 2.26. The molecule has 0 aromatic heterocycles. The third-order valence-corrected chi connectivity index (χ3v) is 4.06. The van der Waals surface area contributed by atoms with Crippen LogP contribution in [0.5, 0.6) is 0 Å². The number of hydrogen-bond donors (Lipinski definition) is 2. The maximum Gasteiger partial charge on any atom is 0.253 e. The molecule has 0 atom stereocenters. The van der Waals surface area contributed by atoms with Crippen LogP contribution in [0.15, 0.2) is 27.8 Å². The average Bonchev–Trinajstić information content (AvgIpc) is 2.45. The Kier molecular flexibility index (Phi) is 4.65. The molecule has 1 heterocycles. The SMILES string of the molecule is Cc1cc(Br)cc(C(=O)N2CCC(/C(N)=N/O)CC2)c1. The lowest BCUT2D eigenvalue weighted by Gasteiger charge is -2.31. The molecule has 1 amide bonds. The van der Waals surface area contributed by atoms with E-state index in [1.807, 2.05) is 30.0 Å². The molecule has 0 unspecified atom stereocenters. The molecular weight excluding hydrogens is 322 g/mol. The van der Waals surface area contributed by atoms with Crippen molar-refractivity contribution >= 4 is 27.7 Å². The average molecular weight is 340 g/mol. The predicted octanol–water partition coefficient (Wildman–Crippen LogP) is 2.36. The van der Waals surface area contributed by atoms with E-state index in [4.69, 9.17) is 10.9 Å². The van der Waals surface area contributed by atoms with Gasteiger partial charge in [-0.2, -0.15) is 0 Å². The summed E-state index contributed by atoms with van der Waals surface area (Å²) in [5, 5.41) is 11.7. The summed E-state index contributed by atoms with van der Waals surface area (Å²) in [5.41, 5.74) is 7.35. The third-order valence-electron chi connectivity index (χ3n) is 3.60. The molecule has 1 fully saturated rings. The zero-order valence-corrected chi connectivity index (χ0v) is 12.9. The summed E-state index contributed by atoms with van der Waals surface area (Å²) in [5.74, 6) is 0.357. The number of oxime groups is 1. The molecule has 6 heteroatoms. The topological polar surface area (TPSA) is 78.9 Å². The number of amidine groups is 1. The summed E-state index contributed by atoms with van der Waals surface area (Å²) in [6.07, 6.45) is 1.46. The zero-order valence-electron chi connectivity index (χ0n) is 11.3. The van der Waals surface area contributed by atoms with Crippen LogP contribution in [0.1, 0.15) is 28.8 Å². The molecule has 1 aliphatic heterocycles. The van der Waals surface area contributed by atoms with E-state index in [1.165, 1.54) is 0 Å². The van der Waals surface area contributed by atoms with Crippen molar-refractivity contribution in [2.45, 2.75) is 19.8 Å². The Labute approximate surface area is 126 Å². The van der Waals surface area contributed by atoms with Crippen molar-refractivity contribution < 1.29 is 10.0 Å². The van der Waals surface area contributed by atoms with Gasteiger partial charge in [-0.1, -0.05) is 21.1 Å². The Bertz CT molecular complexity index is 517. The fourth-order valence-electron chi connectivity index (χ4n) is 2.50. The van der Waals surface area contributed by atoms with E-state index in [1.54, 1.807) is 0 Å². The number of piperidine rings is 1. The Hall–Kier alpha value is -1.56. The number of nitrogens with two attached hydrogens (primary N) is 1. The van der Waals surface area contributed by atoms with E-state index < -0.39 is 0 Å². The second-order valence-electron chi connectivity index (χ2n) is 5.11. The lowest BCUT2D eigenvalue weighted by Crippen LogP contribution is -2.41. The molecule has 1 saturated heterocycles. The van der Waals surface area contributed by atoms with Crippen molar-refractivity contribution in [2.75, 3.05) is 13.1 Å². The summed E-state index contributed by atoms with van der Waals surface area (Å²) in [4.78, 5) is 14.3. The number of aryl methyl sites for hydroxylation is 1. The van der Waals surface area contributed by atoms with E-state index >= 15 is 0 Å². The van der Waals surface area contributed by atoms with Crippen LogP contribution >= 0.6 is 15.9 Å². The standard InChI is InChI=1S/C14H18BrN3O2/c1-9-6-11(8-12(15)7-9)14(19)18-4-2-10(3-5-18)13(16)17-20/h6-8,10,20H,2-5H2,1H3,(H2,16,17). The summed E-state index contributed by atoms with van der Waals surface area (Å²) in [6, 6.07) is 5.70. The number of amides is 1. The van der Waals surface area contributed by atoms with Gasteiger partial charge in [0.15, 0.2) is 0 Å². The highest BCUT2D eigenvalue weighted by molar-refractivity contribution is 9.10. The van der Waals surface area contributed by atoms with Crippen LogP contribution in [0.4, 0.5) is 0 Å². The number of benzene rings is 1. The number of likely N-dealkylation sites (tertiary alicyclic amines) is 1. The molecule has 5 nitrogen and oxygen atoms in total. The lowest BCUT2D eigenvalue weighted by molar-refractivity contribution is 0.0709. The second kappa shape index (κ2) is 6.26. The first-order valence-electron chi connectivity index (χ1n) is 6.55. The molecule has 0 radical (unpaired) electrons. The van der Waals surface area contributed by atoms with Crippen LogP contribution in [-0.4, -0.2) is 34.9 Å². The summed E-state index contributed by atoms with van der Waals surface area (Å²) in [7, 11) is 0. The van der Waals surface area contributed by atoms with Gasteiger partial charge in [-0.05, 0) is 43.5 Å². The van der Waals surface area contributed by atoms with Crippen molar-refractivity contribution in [3.8, 4) is 0 Å². The minimum atomic E-state index is 0.0346. The molecule has 3 N–H and O–H groups in total. The Morgan fingerprint density at radius 1 is 1.40 bits per heavy atom. The smallest absolute Gasteiger partial charge is 0.253 e. The first kappa shape index (κ1) is 14.8. The van der Waals surface area contributed by atoms with Crippen molar-refractivity contribution in [1.29, 1.82) is 0 Å². The minimum Gasteiger partial charge on any atom is -0.409 e. The zero-order chi connectivity index (χ0) is 14.7. The predicted molar refractivity (Wildman–Crippen MR) is 80.9 cm³/mol. The third kappa shape index (κ3) is 3.30. The maximum absolute atomic E-state index is 12.4. The molecule has 2 rings (SSSR count). The van der Waals surface area contributed by atoms with Gasteiger partial charge in [-0.25, -0.2) is 0 Å². The fourth-order valence-corrected chi connectivity index (χ4v) is 3.11. The lowest BCUT2D eigenvalue weighted by atomic mass is 9.95. The number of carbonyl (C=O) groups is 1. The molecule has 0 bridgehead atoms. The van der Waals surface area contributed by atoms with Gasteiger partial charge in [0.1, 0.15) is 5.84 Å². The van der Waals surface area contributed by atoms with E-state index in [0.717, 1.165) is 22.9 Å². The van der Waals surface area contributed by atoms with E-state index in [9.17, 15) is 4.79 Å². The van der Waals surface area contributed by atoms with Crippen molar-refractivity contribution in [1.82, 2.24) is 4.90 Å². The molecule has 1 aromatic rings. The highest BCUT2D eigenvalue weighted by Crippen LogP contribution is 2.21. The molecule has 20 heavy (non-hydrogen) atoms. The van der Waals surface area contributed by atoms with Crippen LogP contribution in [-0.2, 0) is 0 Å². The largest absolute Gasteiger partial charge is 0.409 e. The molecule has 0 aliphatic carbocycles. The Balaban J connectivity index is 2.05. The van der Waals surface area contributed by atoms with Crippen LogP contribution in [0.2, 0.25) is 0 Å². The molecule has 1 aromatic carbocycles. The first-order valence-corrected chi connectivity index (χ1v) is 7.34. The van der Waals surface area contributed by atoms with Gasteiger partial charge in [-0.3, -0.25) is 4.79 Å². The van der Waals surface area contributed by atoms with Crippen molar-refractivity contribution in [3.63, 3.8) is 0 Å². The molecule has 1 aliphatic rings. The van der Waals surface area contributed by atoms with Crippen LogP contribution in [0.3, 0.4) is 0 Å². The molecule has 0 spiro atoms. The van der Waals surface area contributed by atoms with Crippen LogP contribution < -0.4 is 5.73 Å². The normalized spacial score (nSPS) is 17.3. The molecular formula is C14H18BrN3O2. The van der Waals surface area contributed by atoms with Crippen molar-refractivity contribution in [3.05, 3.63) is 33.8 Å². The van der Waals surface area contributed by atoms with Gasteiger partial charge >= 0.3 is 0 Å². The fraction of sp³-hybridized carbons (Fsp3) is 0.429. The van der Waals surface area contributed by atoms with Gasteiger partial charge in [0, 0.05) is 29.0 Å². The number of nitrogens with zero attached hydrogens (tertiary/aromatic N) is 2. The summed E-state index contributed by atoms with van der Waals surface area (Å²) in [6.45, 7) is 3.22. The summed E-state index contributed by atoms with van der Waals surface area (Å²) >= 11 is 3.41. The monoisotopic (exact) mass is 339 g/mol. The summed E-state index contributed by atoms with van der Waals surface area (Å²) < 4.78 is 0.910. The Morgan fingerprint density at radius 2 is 2.05 bits per heavy atom. The van der Waals surface area contributed by atoms with Crippen LogP contribution in [0, 0.1) is 12.8 Å². The van der Waals surface area contributed by atoms with Crippen LogP contribution in [0.25, 0.3) is 0 Å². The number of rotatable bonds is 2. The van der Waals surface area contributed by atoms with Crippen molar-refractivity contribution in [2.24, 2.45) is 16.8 Å². The molecule has 108 valence electrons. The number of hydrogen-bond acceptors (Lipinski definition) is 3. The van der Waals surface area contributed by atoms with Gasteiger partial charge in [0.2, 0.25) is 0 Å². The van der Waals surface area contributed by atoms with E-state index in [-0.39, 0.29) is 17.7 Å². The van der Waals surface area contributed by atoms with E-state index in [2.05, 4.69) is 21.1 Å². The quantitative estimate of drug-likeness (QED) is 0.375. The van der Waals surface area contributed by atoms with E-state index in [0.29, 0.717) is 18.7 Å². The number of carbonyl (C=O) groups excluding carboxylic acids is 1. The molecule has 0 saturated carbocycles. The minimum absolute atomic E-state index is 0.0346. The van der Waals surface area contributed by atoms with Gasteiger partial charge in [-0.15, -0.1) is 0 Å². The maximum atomic E-state index is 12.4. The second-order valence-corrected chi connectivity index (χ2v) is 6.02. The first-order chi connectivity index (χ1) is 9.51. The highest BCUT2D eigenvalue weighted by atomic mass is 79.9. The van der Waals surface area contributed by atoms with Gasteiger partial charge in [0.05, 0.1) is 0 Å². The van der Waals surface area contributed by atoms with Gasteiger partial charge in [0.25, 0.3) is 5.91 Å². The number of halogens is 1. The van der Waals surface area contributed by atoms with Gasteiger partial charge < -0.3 is 15.8 Å². The Morgan fingerprint density at radius 3 is 2.60 bits per heavy atom.